The number of aliphatic hydroxyl groups is 1. The summed E-state index contributed by atoms with van der Waals surface area (Å²) in [5, 5.41) is 12.8. The number of pyridine rings is 1. The molecule has 1 amide bonds. The molecule has 8 nitrogen and oxygen atoms in total. The molecular formula is C30H33N3O5S. The molecule has 1 aromatic heterocycles. The van der Waals surface area contributed by atoms with Crippen molar-refractivity contribution in [2.45, 2.75) is 55.4 Å². The number of carbonyl (C=O) groups is 1. The van der Waals surface area contributed by atoms with Crippen LogP contribution < -0.4 is 15.0 Å². The Kier molecular flexibility index (Phi) is 6.81. The summed E-state index contributed by atoms with van der Waals surface area (Å²) in [4.78, 5) is 20.6. The van der Waals surface area contributed by atoms with Crippen molar-refractivity contribution < 1.29 is 23.1 Å². The van der Waals surface area contributed by atoms with E-state index in [-0.39, 0.29) is 23.2 Å². The van der Waals surface area contributed by atoms with Crippen LogP contribution in [0.2, 0.25) is 0 Å². The maximum Gasteiger partial charge on any atom is 0.251 e. The highest BCUT2D eigenvalue weighted by Gasteiger charge is 2.32. The first-order valence-corrected chi connectivity index (χ1v) is 15.3. The van der Waals surface area contributed by atoms with E-state index in [4.69, 9.17) is 9.72 Å². The number of sulfone groups is 1. The molecule has 1 aliphatic heterocycles. The Morgan fingerprint density at radius 3 is 2.31 bits per heavy atom. The first-order chi connectivity index (χ1) is 18.9. The minimum absolute atomic E-state index is 0.00879. The molecule has 0 saturated heterocycles. The summed E-state index contributed by atoms with van der Waals surface area (Å²) in [5.41, 5.74) is 5.47. The standard InChI is InChI=1S/C30H33N3O5S/c1-2-39(36,37)24-10-7-21(8-11-24)27(18-34)32-30(35)22-9-12-28-29(15-22)38-14-13-33(28)23-16-25(19-3-4-19)31-26(17-23)20-5-6-20/h7-12,15-17,19-20,27,34H,2-6,13-14,18H2,1H3,(H,32,35). The van der Waals surface area contributed by atoms with Crippen molar-refractivity contribution in [2.24, 2.45) is 0 Å². The number of nitrogens with one attached hydrogen (secondary N) is 1. The number of carbonyl (C=O) groups excluding carboxylic acids is 1. The third-order valence-electron chi connectivity index (χ3n) is 7.75. The molecule has 2 aliphatic carbocycles. The minimum atomic E-state index is -3.33. The molecule has 9 heteroatoms. The monoisotopic (exact) mass is 547 g/mol. The van der Waals surface area contributed by atoms with Gasteiger partial charge in [-0.15, -0.1) is 0 Å². The van der Waals surface area contributed by atoms with Crippen LogP contribution in [0.1, 0.15) is 77.8 Å². The number of nitrogens with zero attached hydrogens (tertiary/aromatic N) is 2. The van der Waals surface area contributed by atoms with E-state index in [1.807, 2.05) is 6.07 Å². The van der Waals surface area contributed by atoms with Gasteiger partial charge in [-0.25, -0.2) is 8.42 Å². The molecule has 6 rings (SSSR count). The molecule has 1 unspecified atom stereocenters. The van der Waals surface area contributed by atoms with E-state index >= 15 is 0 Å². The highest BCUT2D eigenvalue weighted by atomic mass is 32.2. The van der Waals surface area contributed by atoms with Crippen molar-refractivity contribution in [1.82, 2.24) is 10.3 Å². The summed E-state index contributed by atoms with van der Waals surface area (Å²) in [6.07, 6.45) is 4.82. The van der Waals surface area contributed by atoms with Gasteiger partial charge in [0, 0.05) is 34.5 Å². The van der Waals surface area contributed by atoms with Crippen LogP contribution in [0, 0.1) is 0 Å². The van der Waals surface area contributed by atoms with Gasteiger partial charge < -0.3 is 20.1 Å². The molecular weight excluding hydrogens is 514 g/mol. The van der Waals surface area contributed by atoms with E-state index in [0.29, 0.717) is 41.9 Å². The number of aliphatic hydroxyl groups excluding tert-OH is 1. The minimum Gasteiger partial charge on any atom is -0.490 e. The maximum absolute atomic E-state index is 13.2. The van der Waals surface area contributed by atoms with Crippen LogP contribution >= 0.6 is 0 Å². The molecule has 0 spiro atoms. The van der Waals surface area contributed by atoms with Crippen LogP contribution in [-0.2, 0) is 9.84 Å². The van der Waals surface area contributed by atoms with E-state index in [9.17, 15) is 18.3 Å². The number of rotatable bonds is 9. The van der Waals surface area contributed by atoms with Gasteiger partial charge in [-0.05, 0) is 73.7 Å². The summed E-state index contributed by atoms with van der Waals surface area (Å²) < 4.78 is 30.2. The van der Waals surface area contributed by atoms with Gasteiger partial charge in [0.2, 0.25) is 0 Å². The zero-order chi connectivity index (χ0) is 27.1. The zero-order valence-corrected chi connectivity index (χ0v) is 22.8. The molecule has 3 aromatic rings. The molecule has 2 fully saturated rings. The number of ether oxygens (including phenoxy) is 1. The summed E-state index contributed by atoms with van der Waals surface area (Å²) >= 11 is 0. The molecule has 39 heavy (non-hydrogen) atoms. The SMILES string of the molecule is CCS(=O)(=O)c1ccc(C(CO)NC(=O)c2ccc3c(c2)OCCN3c2cc(C3CC3)nc(C3CC3)c2)cc1. The highest BCUT2D eigenvalue weighted by molar-refractivity contribution is 7.91. The number of hydrogen-bond donors (Lipinski definition) is 2. The number of aromatic nitrogens is 1. The predicted molar refractivity (Wildman–Crippen MR) is 149 cm³/mol. The van der Waals surface area contributed by atoms with Gasteiger partial charge in [-0.1, -0.05) is 19.1 Å². The average molecular weight is 548 g/mol. The second-order valence-electron chi connectivity index (χ2n) is 10.6. The lowest BCUT2D eigenvalue weighted by Gasteiger charge is -2.32. The largest absolute Gasteiger partial charge is 0.490 e. The van der Waals surface area contributed by atoms with Crippen LogP contribution in [0.5, 0.6) is 5.75 Å². The number of anilines is 2. The lowest BCUT2D eigenvalue weighted by molar-refractivity contribution is 0.0915. The fourth-order valence-corrected chi connectivity index (χ4v) is 5.95. The molecule has 204 valence electrons. The van der Waals surface area contributed by atoms with Gasteiger partial charge in [0.25, 0.3) is 5.91 Å². The number of benzene rings is 2. The number of hydrogen-bond acceptors (Lipinski definition) is 7. The van der Waals surface area contributed by atoms with Crippen LogP contribution in [0.25, 0.3) is 0 Å². The quantitative estimate of drug-likeness (QED) is 0.402. The lowest BCUT2D eigenvalue weighted by atomic mass is 10.1. The van der Waals surface area contributed by atoms with E-state index in [2.05, 4.69) is 22.3 Å². The van der Waals surface area contributed by atoms with E-state index in [0.717, 1.165) is 11.4 Å². The summed E-state index contributed by atoms with van der Waals surface area (Å²) in [5.74, 6) is 1.44. The van der Waals surface area contributed by atoms with Crippen molar-refractivity contribution in [3.63, 3.8) is 0 Å². The first kappa shape index (κ1) is 25.8. The van der Waals surface area contributed by atoms with Gasteiger partial charge in [0.15, 0.2) is 9.84 Å². The Bertz CT molecular complexity index is 1470. The third kappa shape index (κ3) is 5.38. The van der Waals surface area contributed by atoms with Gasteiger partial charge in [-0.3, -0.25) is 9.78 Å². The zero-order valence-electron chi connectivity index (χ0n) is 22.0. The van der Waals surface area contributed by atoms with Crippen molar-refractivity contribution in [3.05, 3.63) is 77.1 Å². The fourth-order valence-electron chi connectivity index (χ4n) is 5.07. The highest BCUT2D eigenvalue weighted by Crippen LogP contribution is 2.46. The maximum atomic E-state index is 13.2. The second-order valence-corrected chi connectivity index (χ2v) is 12.9. The molecule has 0 bridgehead atoms. The molecule has 0 radical (unpaired) electrons. The lowest BCUT2D eigenvalue weighted by Crippen LogP contribution is -2.32. The van der Waals surface area contributed by atoms with E-state index in [1.165, 1.54) is 49.2 Å². The fraction of sp³-hybridized carbons (Fsp3) is 0.400. The summed E-state index contributed by atoms with van der Waals surface area (Å²) in [6, 6.07) is 15.4. The van der Waals surface area contributed by atoms with Crippen molar-refractivity contribution in [3.8, 4) is 5.75 Å². The van der Waals surface area contributed by atoms with E-state index < -0.39 is 15.9 Å². The number of amides is 1. The third-order valence-corrected chi connectivity index (χ3v) is 9.50. The Balaban J connectivity index is 1.22. The predicted octanol–water partition coefficient (Wildman–Crippen LogP) is 4.62. The molecule has 2 aromatic carbocycles. The number of fused-ring (bicyclic) bond motifs is 1. The molecule has 3 aliphatic rings. The smallest absolute Gasteiger partial charge is 0.251 e. The van der Waals surface area contributed by atoms with E-state index in [1.54, 1.807) is 31.2 Å². The Morgan fingerprint density at radius 1 is 1.05 bits per heavy atom. The van der Waals surface area contributed by atoms with Gasteiger partial charge >= 0.3 is 0 Å². The van der Waals surface area contributed by atoms with Crippen LogP contribution in [0.15, 0.2) is 59.5 Å². The Hall–Kier alpha value is -3.43. The van der Waals surface area contributed by atoms with Crippen LogP contribution in [0.4, 0.5) is 11.4 Å². The van der Waals surface area contributed by atoms with Crippen LogP contribution in [0.3, 0.4) is 0 Å². The van der Waals surface area contributed by atoms with Crippen LogP contribution in [-0.4, -0.2) is 49.9 Å². The first-order valence-electron chi connectivity index (χ1n) is 13.7. The topological polar surface area (TPSA) is 109 Å². The van der Waals surface area contributed by atoms with Crippen molar-refractivity contribution in [1.29, 1.82) is 0 Å². The molecule has 2 saturated carbocycles. The van der Waals surface area contributed by atoms with Gasteiger partial charge in [0.1, 0.15) is 12.4 Å². The summed E-state index contributed by atoms with van der Waals surface area (Å²) in [6.45, 7) is 2.49. The average Bonchev–Trinajstić information content (AvgIpc) is 3.88. The molecule has 1 atom stereocenters. The van der Waals surface area contributed by atoms with Gasteiger partial charge in [-0.2, -0.15) is 0 Å². The Labute approximate surface area is 228 Å². The van der Waals surface area contributed by atoms with Crippen molar-refractivity contribution >= 4 is 27.1 Å². The molecule has 2 N–H and O–H groups in total. The molecule has 2 heterocycles. The normalized spacial score (nSPS) is 17.7. The summed E-state index contributed by atoms with van der Waals surface area (Å²) in [7, 11) is -3.33. The Morgan fingerprint density at radius 2 is 1.72 bits per heavy atom. The van der Waals surface area contributed by atoms with Crippen molar-refractivity contribution in [2.75, 3.05) is 30.4 Å². The van der Waals surface area contributed by atoms with Gasteiger partial charge in [0.05, 0.1) is 35.5 Å². The second kappa shape index (κ2) is 10.3.